The monoisotopic (exact) mass is 316 g/mol. The molecule has 0 aromatic heterocycles. The number of fused-ring (bicyclic) bond motifs is 1. The van der Waals surface area contributed by atoms with Crippen molar-refractivity contribution in [1.82, 2.24) is 5.32 Å². The van der Waals surface area contributed by atoms with Gasteiger partial charge in [-0.05, 0) is 24.4 Å². The summed E-state index contributed by atoms with van der Waals surface area (Å²) in [6, 6.07) is 13.9. The molecule has 6 N–H and O–H groups in total. The normalized spacial score (nSPS) is 12.0. The number of hydrogen-bond donors (Lipinski definition) is 4. The molecule has 0 saturated carbocycles. The van der Waals surface area contributed by atoms with Gasteiger partial charge in [-0.3, -0.25) is 4.99 Å². The Morgan fingerprint density at radius 3 is 2.78 bits per heavy atom. The van der Waals surface area contributed by atoms with E-state index < -0.39 is 6.10 Å². The van der Waals surface area contributed by atoms with Crippen molar-refractivity contribution in [2.75, 3.05) is 26.2 Å². The SMILES string of the molecule is NC(N)=NCCCNCC(O)COc1cccc2ccccc12. The van der Waals surface area contributed by atoms with Gasteiger partial charge in [0.05, 0.1) is 0 Å². The Balaban J connectivity index is 1.71. The van der Waals surface area contributed by atoms with Crippen LogP contribution in [0.15, 0.2) is 47.5 Å². The molecule has 0 amide bonds. The Bertz CT molecular complexity index is 636. The number of nitrogens with zero attached hydrogens (tertiary/aromatic N) is 1. The molecule has 1 unspecified atom stereocenters. The predicted octanol–water partition coefficient (Wildman–Crippen LogP) is 0.833. The molecule has 0 aliphatic carbocycles. The molecule has 0 fully saturated rings. The van der Waals surface area contributed by atoms with Crippen LogP contribution in [0.5, 0.6) is 5.75 Å². The highest BCUT2D eigenvalue weighted by atomic mass is 16.5. The van der Waals surface area contributed by atoms with Gasteiger partial charge >= 0.3 is 0 Å². The third-order valence-corrected chi connectivity index (χ3v) is 3.37. The molecular formula is C17H24N4O2. The molecule has 0 bridgehead atoms. The lowest BCUT2D eigenvalue weighted by atomic mass is 10.1. The number of aliphatic imine (C=N–C) groups is 1. The van der Waals surface area contributed by atoms with Gasteiger partial charge < -0.3 is 26.6 Å². The summed E-state index contributed by atoms with van der Waals surface area (Å²) in [5.74, 6) is 0.892. The van der Waals surface area contributed by atoms with Crippen LogP contribution >= 0.6 is 0 Å². The van der Waals surface area contributed by atoms with Crippen LogP contribution in [0, 0.1) is 0 Å². The first-order valence-corrected chi connectivity index (χ1v) is 7.71. The van der Waals surface area contributed by atoms with Crippen molar-refractivity contribution in [2.24, 2.45) is 16.5 Å². The van der Waals surface area contributed by atoms with Crippen molar-refractivity contribution in [3.8, 4) is 5.75 Å². The Hall–Kier alpha value is -2.31. The maximum Gasteiger partial charge on any atom is 0.185 e. The van der Waals surface area contributed by atoms with Crippen LogP contribution in [0.25, 0.3) is 10.8 Å². The lowest BCUT2D eigenvalue weighted by molar-refractivity contribution is 0.107. The van der Waals surface area contributed by atoms with E-state index in [1.54, 1.807) is 0 Å². The minimum absolute atomic E-state index is 0.105. The molecule has 6 heteroatoms. The first-order chi connectivity index (χ1) is 11.2. The summed E-state index contributed by atoms with van der Waals surface area (Å²) in [6.45, 7) is 2.03. The molecule has 0 heterocycles. The molecule has 2 rings (SSSR count). The lowest BCUT2D eigenvalue weighted by Gasteiger charge is -2.14. The molecule has 23 heavy (non-hydrogen) atoms. The van der Waals surface area contributed by atoms with Gasteiger partial charge in [0.2, 0.25) is 0 Å². The van der Waals surface area contributed by atoms with E-state index in [0.29, 0.717) is 13.1 Å². The van der Waals surface area contributed by atoms with E-state index in [1.165, 1.54) is 0 Å². The molecular weight excluding hydrogens is 292 g/mol. The number of ether oxygens (including phenoxy) is 1. The Morgan fingerprint density at radius 1 is 1.17 bits per heavy atom. The van der Waals surface area contributed by atoms with Crippen LogP contribution in [0.2, 0.25) is 0 Å². The van der Waals surface area contributed by atoms with Crippen LogP contribution in [-0.4, -0.2) is 43.4 Å². The highest BCUT2D eigenvalue weighted by Crippen LogP contribution is 2.25. The molecule has 6 nitrogen and oxygen atoms in total. The van der Waals surface area contributed by atoms with Gasteiger partial charge in [-0.25, -0.2) is 0 Å². The van der Waals surface area contributed by atoms with Gasteiger partial charge in [-0.1, -0.05) is 36.4 Å². The highest BCUT2D eigenvalue weighted by molar-refractivity contribution is 5.88. The van der Waals surface area contributed by atoms with E-state index in [2.05, 4.69) is 10.3 Å². The van der Waals surface area contributed by atoms with E-state index in [-0.39, 0.29) is 12.6 Å². The van der Waals surface area contributed by atoms with E-state index in [1.807, 2.05) is 42.5 Å². The molecule has 0 spiro atoms. The smallest absolute Gasteiger partial charge is 0.185 e. The van der Waals surface area contributed by atoms with Crippen LogP contribution in [-0.2, 0) is 0 Å². The van der Waals surface area contributed by atoms with Gasteiger partial charge in [0, 0.05) is 18.5 Å². The second-order valence-electron chi connectivity index (χ2n) is 5.31. The third kappa shape index (κ3) is 5.77. The fraction of sp³-hybridized carbons (Fsp3) is 0.353. The average Bonchev–Trinajstić information content (AvgIpc) is 2.55. The number of hydrogen-bond acceptors (Lipinski definition) is 4. The minimum Gasteiger partial charge on any atom is -0.490 e. The summed E-state index contributed by atoms with van der Waals surface area (Å²) in [7, 11) is 0. The zero-order valence-electron chi connectivity index (χ0n) is 13.1. The second kappa shape index (κ2) is 8.97. The average molecular weight is 316 g/mol. The van der Waals surface area contributed by atoms with Crippen molar-refractivity contribution >= 4 is 16.7 Å². The lowest BCUT2D eigenvalue weighted by Crippen LogP contribution is -2.32. The molecule has 0 saturated heterocycles. The molecule has 0 aliphatic rings. The van der Waals surface area contributed by atoms with Gasteiger partial charge in [0.1, 0.15) is 18.5 Å². The largest absolute Gasteiger partial charge is 0.490 e. The first kappa shape index (κ1) is 17.1. The minimum atomic E-state index is -0.572. The summed E-state index contributed by atoms with van der Waals surface area (Å²) in [5.41, 5.74) is 10.5. The Kier molecular flexibility index (Phi) is 6.65. The van der Waals surface area contributed by atoms with E-state index in [0.717, 1.165) is 29.5 Å². The topological polar surface area (TPSA) is 106 Å². The molecule has 2 aromatic carbocycles. The van der Waals surface area contributed by atoms with Gasteiger partial charge in [-0.2, -0.15) is 0 Å². The van der Waals surface area contributed by atoms with Crippen LogP contribution in [0.3, 0.4) is 0 Å². The molecule has 2 aromatic rings. The van der Waals surface area contributed by atoms with Crippen molar-refractivity contribution in [3.63, 3.8) is 0 Å². The number of rotatable bonds is 9. The van der Waals surface area contributed by atoms with Gasteiger partial charge in [-0.15, -0.1) is 0 Å². The van der Waals surface area contributed by atoms with Crippen molar-refractivity contribution in [2.45, 2.75) is 12.5 Å². The fourth-order valence-corrected chi connectivity index (χ4v) is 2.25. The first-order valence-electron chi connectivity index (χ1n) is 7.71. The molecule has 1 atom stereocenters. The van der Waals surface area contributed by atoms with Crippen LogP contribution in [0.4, 0.5) is 0 Å². The molecule has 0 aliphatic heterocycles. The number of nitrogens with two attached hydrogens (primary N) is 2. The van der Waals surface area contributed by atoms with E-state index in [9.17, 15) is 5.11 Å². The zero-order valence-corrected chi connectivity index (χ0v) is 13.1. The maximum absolute atomic E-state index is 9.97. The van der Waals surface area contributed by atoms with Crippen LogP contribution < -0.4 is 21.5 Å². The number of benzene rings is 2. The van der Waals surface area contributed by atoms with Gasteiger partial charge in [0.15, 0.2) is 5.96 Å². The van der Waals surface area contributed by atoms with Crippen LogP contribution in [0.1, 0.15) is 6.42 Å². The summed E-state index contributed by atoms with van der Waals surface area (Å²) in [4.78, 5) is 3.89. The number of aliphatic hydroxyl groups excluding tert-OH is 1. The van der Waals surface area contributed by atoms with Gasteiger partial charge in [0.25, 0.3) is 0 Å². The summed E-state index contributed by atoms with van der Waals surface area (Å²) in [6.07, 6.45) is 0.242. The molecule has 0 radical (unpaired) electrons. The second-order valence-corrected chi connectivity index (χ2v) is 5.31. The van der Waals surface area contributed by atoms with E-state index in [4.69, 9.17) is 16.2 Å². The number of aliphatic hydroxyl groups is 1. The maximum atomic E-state index is 9.97. The Labute approximate surface area is 136 Å². The van der Waals surface area contributed by atoms with Crippen molar-refractivity contribution in [1.29, 1.82) is 0 Å². The third-order valence-electron chi connectivity index (χ3n) is 3.37. The number of guanidine groups is 1. The van der Waals surface area contributed by atoms with E-state index >= 15 is 0 Å². The number of nitrogens with one attached hydrogen (secondary N) is 1. The molecule has 124 valence electrons. The summed E-state index contributed by atoms with van der Waals surface area (Å²) in [5, 5.41) is 15.3. The zero-order chi connectivity index (χ0) is 16.5. The quantitative estimate of drug-likeness (QED) is 0.311. The van der Waals surface area contributed by atoms with Crippen molar-refractivity contribution in [3.05, 3.63) is 42.5 Å². The predicted molar refractivity (Wildman–Crippen MR) is 93.6 cm³/mol. The summed E-state index contributed by atoms with van der Waals surface area (Å²) >= 11 is 0. The fourth-order valence-electron chi connectivity index (χ4n) is 2.25. The van der Waals surface area contributed by atoms with Crippen molar-refractivity contribution < 1.29 is 9.84 Å². The Morgan fingerprint density at radius 2 is 1.96 bits per heavy atom. The standard InChI is InChI=1S/C17H24N4O2/c18-17(19)21-10-4-9-20-11-14(22)12-23-16-8-3-6-13-5-1-2-7-15(13)16/h1-3,5-8,14,20,22H,4,9-12H2,(H4,18,19,21). The highest BCUT2D eigenvalue weighted by Gasteiger charge is 2.06. The summed E-state index contributed by atoms with van der Waals surface area (Å²) < 4.78 is 5.75.